The molecule has 0 amide bonds. The van der Waals surface area contributed by atoms with E-state index in [1.54, 1.807) is 31.4 Å². The van der Waals surface area contributed by atoms with E-state index in [-0.39, 0.29) is 0 Å². The number of benzene rings is 1. The highest BCUT2D eigenvalue weighted by Gasteiger charge is 2.19. The van der Waals surface area contributed by atoms with Crippen LogP contribution in [-0.2, 0) is 5.60 Å². The Morgan fingerprint density at radius 3 is 2.60 bits per heavy atom. The Morgan fingerprint density at radius 2 is 1.83 bits per heavy atom. The second-order valence-electron chi connectivity index (χ2n) is 9.56. The smallest absolute Gasteiger partial charge is 0.229 e. The topological polar surface area (TPSA) is 89.4 Å². The van der Waals surface area contributed by atoms with Crippen LogP contribution in [0.15, 0.2) is 48.0 Å². The first-order valence-electron chi connectivity index (χ1n) is 11.8. The van der Waals surface area contributed by atoms with Gasteiger partial charge in [-0.05, 0) is 58.2 Å². The minimum Gasteiger partial charge on any atom is -0.384 e. The van der Waals surface area contributed by atoms with Gasteiger partial charge in [-0.3, -0.25) is 0 Å². The summed E-state index contributed by atoms with van der Waals surface area (Å²) in [5.74, 6) is 1.79. The van der Waals surface area contributed by atoms with E-state index in [1.807, 2.05) is 25.1 Å². The SMILES string of the molecule is Cc1cnc(Nc2ccc3scc(N4CCN(C)CC4)c3c2)nc1Nc1cccc(C(C)(C)O)n1. The van der Waals surface area contributed by atoms with Crippen LogP contribution in [0.4, 0.5) is 29.0 Å². The number of hydrogen-bond acceptors (Lipinski definition) is 9. The number of aromatic nitrogens is 3. The van der Waals surface area contributed by atoms with Crippen molar-refractivity contribution in [3.8, 4) is 0 Å². The largest absolute Gasteiger partial charge is 0.384 e. The molecule has 4 aromatic rings. The standard InChI is InChI=1S/C26H31N7OS/c1-17-15-27-25(31-24(17)30-23-7-5-6-22(29-23)26(2,3)34)28-18-8-9-21-19(14-18)20(16-35-21)33-12-10-32(4)11-13-33/h5-9,14-16,34H,10-13H2,1-4H3,(H2,27,28,29,30,31). The first-order chi connectivity index (χ1) is 16.8. The molecule has 0 saturated carbocycles. The molecule has 0 spiro atoms. The molecule has 0 unspecified atom stereocenters. The summed E-state index contributed by atoms with van der Waals surface area (Å²) in [4.78, 5) is 18.6. The van der Waals surface area contributed by atoms with Gasteiger partial charge in [0.25, 0.3) is 0 Å². The number of aliphatic hydroxyl groups is 1. The Balaban J connectivity index is 1.37. The van der Waals surface area contributed by atoms with Crippen molar-refractivity contribution in [3.05, 3.63) is 59.2 Å². The molecule has 35 heavy (non-hydrogen) atoms. The molecule has 1 aliphatic rings. The number of anilines is 5. The zero-order chi connectivity index (χ0) is 24.6. The average Bonchev–Trinajstić information content (AvgIpc) is 3.25. The van der Waals surface area contributed by atoms with Crippen LogP contribution in [0.5, 0.6) is 0 Å². The number of thiophene rings is 1. The second kappa shape index (κ2) is 9.41. The van der Waals surface area contributed by atoms with Gasteiger partial charge < -0.3 is 25.5 Å². The Morgan fingerprint density at radius 1 is 1.03 bits per heavy atom. The van der Waals surface area contributed by atoms with Gasteiger partial charge >= 0.3 is 0 Å². The van der Waals surface area contributed by atoms with Gasteiger partial charge in [0.05, 0.1) is 11.4 Å². The highest BCUT2D eigenvalue weighted by molar-refractivity contribution is 7.17. The third kappa shape index (κ3) is 5.22. The van der Waals surface area contributed by atoms with Crippen molar-refractivity contribution in [1.29, 1.82) is 0 Å². The molecule has 4 heterocycles. The van der Waals surface area contributed by atoms with E-state index < -0.39 is 5.60 Å². The maximum absolute atomic E-state index is 10.3. The number of hydrogen-bond donors (Lipinski definition) is 3. The van der Waals surface area contributed by atoms with Crippen LogP contribution in [0, 0.1) is 6.92 Å². The summed E-state index contributed by atoms with van der Waals surface area (Å²) in [5.41, 5.74) is 2.72. The number of nitrogens with zero attached hydrogens (tertiary/aromatic N) is 5. The molecular weight excluding hydrogens is 458 g/mol. The van der Waals surface area contributed by atoms with Crippen LogP contribution in [0.2, 0.25) is 0 Å². The van der Waals surface area contributed by atoms with Gasteiger partial charge in [0.15, 0.2) is 0 Å². The van der Waals surface area contributed by atoms with Crippen LogP contribution < -0.4 is 15.5 Å². The van der Waals surface area contributed by atoms with E-state index in [9.17, 15) is 5.11 Å². The molecule has 1 aliphatic heterocycles. The van der Waals surface area contributed by atoms with Crippen LogP contribution >= 0.6 is 11.3 Å². The second-order valence-corrected chi connectivity index (χ2v) is 10.5. The number of likely N-dealkylation sites (N-methyl/N-ethyl adjacent to an activating group) is 1. The molecule has 0 aliphatic carbocycles. The zero-order valence-electron chi connectivity index (χ0n) is 20.5. The van der Waals surface area contributed by atoms with E-state index in [0.717, 1.165) is 37.4 Å². The molecular formula is C26H31N7OS. The van der Waals surface area contributed by atoms with Crippen LogP contribution in [0.25, 0.3) is 10.1 Å². The maximum atomic E-state index is 10.3. The monoisotopic (exact) mass is 489 g/mol. The van der Waals surface area contributed by atoms with E-state index in [0.29, 0.717) is 23.3 Å². The first-order valence-corrected chi connectivity index (χ1v) is 12.7. The van der Waals surface area contributed by atoms with Gasteiger partial charge in [0.2, 0.25) is 5.95 Å². The number of aryl methyl sites for hydroxylation is 1. The fraction of sp³-hybridized carbons (Fsp3) is 0.346. The minimum atomic E-state index is -1.02. The van der Waals surface area contributed by atoms with Crippen molar-refractivity contribution < 1.29 is 5.11 Å². The van der Waals surface area contributed by atoms with Gasteiger partial charge in [0, 0.05) is 59.1 Å². The van der Waals surface area contributed by atoms with E-state index in [1.165, 1.54) is 15.8 Å². The quantitative estimate of drug-likeness (QED) is 0.354. The summed E-state index contributed by atoms with van der Waals surface area (Å²) in [5, 5.41) is 20.4. The Bertz CT molecular complexity index is 1340. The molecule has 9 heteroatoms. The lowest BCUT2D eigenvalue weighted by molar-refractivity contribution is 0.0740. The van der Waals surface area contributed by atoms with Gasteiger partial charge in [-0.25, -0.2) is 9.97 Å². The summed E-state index contributed by atoms with van der Waals surface area (Å²) in [7, 11) is 2.18. The van der Waals surface area contributed by atoms with E-state index in [4.69, 9.17) is 4.98 Å². The average molecular weight is 490 g/mol. The molecule has 1 aromatic carbocycles. The fourth-order valence-electron chi connectivity index (χ4n) is 4.11. The van der Waals surface area contributed by atoms with Crippen LogP contribution in [0.1, 0.15) is 25.1 Å². The molecule has 1 saturated heterocycles. The summed E-state index contributed by atoms with van der Waals surface area (Å²) in [6.07, 6.45) is 1.79. The number of piperazine rings is 1. The van der Waals surface area contributed by atoms with Gasteiger partial charge in [0.1, 0.15) is 17.2 Å². The Kier molecular flexibility index (Phi) is 6.31. The highest BCUT2D eigenvalue weighted by atomic mass is 32.1. The van der Waals surface area contributed by atoms with Crippen molar-refractivity contribution in [3.63, 3.8) is 0 Å². The van der Waals surface area contributed by atoms with Crippen molar-refractivity contribution in [2.45, 2.75) is 26.4 Å². The van der Waals surface area contributed by atoms with Gasteiger partial charge in [-0.2, -0.15) is 4.98 Å². The van der Waals surface area contributed by atoms with Crippen molar-refractivity contribution in [1.82, 2.24) is 19.9 Å². The predicted octanol–water partition coefficient (Wildman–Crippen LogP) is 4.86. The normalized spacial score (nSPS) is 14.9. The van der Waals surface area contributed by atoms with Crippen molar-refractivity contribution in [2.24, 2.45) is 0 Å². The van der Waals surface area contributed by atoms with Crippen molar-refractivity contribution in [2.75, 3.05) is 48.8 Å². The molecule has 182 valence electrons. The molecule has 8 nitrogen and oxygen atoms in total. The molecule has 3 N–H and O–H groups in total. The molecule has 1 fully saturated rings. The van der Waals surface area contributed by atoms with Crippen LogP contribution in [-0.4, -0.2) is 58.2 Å². The summed E-state index contributed by atoms with van der Waals surface area (Å²) >= 11 is 1.78. The Hall–Kier alpha value is -3.27. The predicted molar refractivity (Wildman–Crippen MR) is 144 cm³/mol. The summed E-state index contributed by atoms with van der Waals surface area (Å²) < 4.78 is 1.27. The lowest BCUT2D eigenvalue weighted by Gasteiger charge is -2.33. The number of nitrogens with one attached hydrogen (secondary N) is 2. The number of rotatable bonds is 6. The van der Waals surface area contributed by atoms with E-state index in [2.05, 4.69) is 61.0 Å². The summed E-state index contributed by atoms with van der Waals surface area (Å²) in [6.45, 7) is 9.63. The van der Waals surface area contributed by atoms with Gasteiger partial charge in [-0.15, -0.1) is 11.3 Å². The number of fused-ring (bicyclic) bond motifs is 1. The van der Waals surface area contributed by atoms with Gasteiger partial charge in [-0.1, -0.05) is 6.07 Å². The van der Waals surface area contributed by atoms with E-state index >= 15 is 0 Å². The first kappa shape index (κ1) is 23.5. The third-order valence-electron chi connectivity index (χ3n) is 6.25. The number of pyridine rings is 1. The molecule has 0 radical (unpaired) electrons. The lowest BCUT2D eigenvalue weighted by Crippen LogP contribution is -2.44. The minimum absolute atomic E-state index is 0.507. The maximum Gasteiger partial charge on any atom is 0.229 e. The molecule has 0 bridgehead atoms. The third-order valence-corrected chi connectivity index (χ3v) is 7.20. The molecule has 3 aromatic heterocycles. The zero-order valence-corrected chi connectivity index (χ0v) is 21.4. The summed E-state index contributed by atoms with van der Waals surface area (Å²) in [6, 6.07) is 11.9. The lowest BCUT2D eigenvalue weighted by atomic mass is 10.1. The highest BCUT2D eigenvalue weighted by Crippen LogP contribution is 2.36. The van der Waals surface area contributed by atoms with Crippen molar-refractivity contribution >= 4 is 50.4 Å². The fourth-order valence-corrected chi connectivity index (χ4v) is 5.06. The Labute approximate surface area is 209 Å². The molecule has 0 atom stereocenters. The van der Waals surface area contributed by atoms with Crippen LogP contribution in [0.3, 0.4) is 0 Å². The molecule has 5 rings (SSSR count).